The molecule has 230 valence electrons. The summed E-state index contributed by atoms with van der Waals surface area (Å²) in [6, 6.07) is 9.78. The molecule has 0 bridgehead atoms. The quantitative estimate of drug-likeness (QED) is 0.199. The van der Waals surface area contributed by atoms with Gasteiger partial charge in [0.15, 0.2) is 11.5 Å². The summed E-state index contributed by atoms with van der Waals surface area (Å²) in [5.41, 5.74) is 2.73. The first-order valence-electron chi connectivity index (χ1n) is 14.6. The van der Waals surface area contributed by atoms with Crippen LogP contribution in [-0.2, 0) is 16.1 Å². The van der Waals surface area contributed by atoms with Gasteiger partial charge in [0.25, 0.3) is 11.5 Å². The number of fused-ring (bicyclic) bond motifs is 2. The lowest BCUT2D eigenvalue weighted by Crippen LogP contribution is -2.47. The first-order chi connectivity index (χ1) is 21.3. The number of carbonyl (C=O) groups excluding carboxylic acids is 1. The first kappa shape index (κ1) is 30.1. The van der Waals surface area contributed by atoms with Crippen LogP contribution in [0, 0.1) is 6.92 Å². The summed E-state index contributed by atoms with van der Waals surface area (Å²) in [6.07, 6.45) is 5.38. The average Bonchev–Trinajstić information content (AvgIpc) is 3.58. The summed E-state index contributed by atoms with van der Waals surface area (Å²) in [5.74, 6) is 1.02. The van der Waals surface area contributed by atoms with Gasteiger partial charge in [-0.1, -0.05) is 42.5 Å². The number of aliphatic carboxylic acids is 1. The van der Waals surface area contributed by atoms with E-state index in [-0.39, 0.29) is 24.7 Å². The number of ether oxygens (including phenoxy) is 2. The second kappa shape index (κ2) is 13.0. The smallest absolute Gasteiger partial charge is 0.303 e. The molecule has 0 unspecified atom stereocenters. The number of hydrogen-bond acceptors (Lipinski definition) is 10. The Kier molecular flexibility index (Phi) is 8.87. The number of carboxylic acids is 1. The van der Waals surface area contributed by atoms with E-state index < -0.39 is 5.97 Å². The number of thioether (sulfide) groups is 1. The maximum absolute atomic E-state index is 13.9. The third kappa shape index (κ3) is 6.44. The molecule has 44 heavy (non-hydrogen) atoms. The molecule has 0 atom stereocenters. The number of aryl methyl sites for hydroxylation is 1. The molecule has 2 fully saturated rings. The number of rotatable bonds is 10. The lowest BCUT2D eigenvalue weighted by Gasteiger charge is -2.36. The summed E-state index contributed by atoms with van der Waals surface area (Å²) < 4.78 is 12.9. The van der Waals surface area contributed by atoms with E-state index in [4.69, 9.17) is 31.8 Å². The van der Waals surface area contributed by atoms with Gasteiger partial charge in [0, 0.05) is 51.9 Å². The highest BCUT2D eigenvalue weighted by atomic mass is 32.2. The van der Waals surface area contributed by atoms with Gasteiger partial charge in [0.1, 0.15) is 15.8 Å². The number of benzene rings is 1. The van der Waals surface area contributed by atoms with Gasteiger partial charge in [0.05, 0.1) is 10.5 Å². The van der Waals surface area contributed by atoms with Crippen molar-refractivity contribution in [2.75, 3.05) is 44.4 Å². The molecule has 0 radical (unpaired) electrons. The number of carboxylic acid groups (broad SMARTS) is 1. The summed E-state index contributed by atoms with van der Waals surface area (Å²) in [7, 11) is 0. The minimum atomic E-state index is -0.828. The Hall–Kier alpha value is -3.94. The molecular formula is C31H33N5O6S2. The third-order valence-electron chi connectivity index (χ3n) is 7.92. The Balaban J connectivity index is 1.22. The van der Waals surface area contributed by atoms with Crippen LogP contribution in [-0.4, -0.2) is 80.0 Å². The standard InChI is InChI=1S/C31H33N5O6S2/c1-20-6-9-26-32-28(34-13-11-33(12-14-34)18-21-7-8-23-24(15-21)42-19-41-23)22(29(39)36(26)17-20)16-25-30(40)35(31(43)44-25)10-4-2-3-5-27(37)38/h6-9,15-17H,2-5,10-14,18-19H2,1H3,(H,37,38)/b25-16+. The molecule has 2 saturated heterocycles. The van der Waals surface area contributed by atoms with E-state index in [1.807, 2.05) is 31.2 Å². The fourth-order valence-electron chi connectivity index (χ4n) is 5.58. The molecule has 3 aliphatic heterocycles. The van der Waals surface area contributed by atoms with Crippen molar-refractivity contribution < 1.29 is 24.2 Å². The van der Waals surface area contributed by atoms with Crippen molar-refractivity contribution >= 4 is 57.7 Å². The first-order valence-corrected chi connectivity index (χ1v) is 15.9. The molecule has 0 spiro atoms. The van der Waals surface area contributed by atoms with Crippen molar-refractivity contribution in [1.82, 2.24) is 19.2 Å². The number of anilines is 1. The number of thiocarbonyl (C=S) groups is 1. The van der Waals surface area contributed by atoms with Crippen LogP contribution in [0.3, 0.4) is 0 Å². The maximum Gasteiger partial charge on any atom is 0.303 e. The largest absolute Gasteiger partial charge is 0.481 e. The molecular weight excluding hydrogens is 603 g/mol. The van der Waals surface area contributed by atoms with Crippen LogP contribution >= 0.6 is 24.0 Å². The molecule has 6 rings (SSSR count). The number of hydrogen-bond donors (Lipinski definition) is 1. The lowest BCUT2D eigenvalue weighted by atomic mass is 10.1. The number of piperazine rings is 1. The van der Waals surface area contributed by atoms with Crippen LogP contribution in [0.1, 0.15) is 42.4 Å². The normalized spacial score (nSPS) is 17.8. The molecule has 1 amide bonds. The van der Waals surface area contributed by atoms with Crippen molar-refractivity contribution in [3.05, 3.63) is 68.5 Å². The van der Waals surface area contributed by atoms with Crippen LogP contribution in [0.15, 0.2) is 46.2 Å². The van der Waals surface area contributed by atoms with E-state index in [0.717, 1.165) is 42.3 Å². The monoisotopic (exact) mass is 635 g/mol. The van der Waals surface area contributed by atoms with Crippen molar-refractivity contribution in [1.29, 1.82) is 0 Å². The van der Waals surface area contributed by atoms with Gasteiger partial charge < -0.3 is 19.5 Å². The van der Waals surface area contributed by atoms with Gasteiger partial charge >= 0.3 is 5.97 Å². The van der Waals surface area contributed by atoms with E-state index in [1.165, 1.54) is 21.1 Å². The van der Waals surface area contributed by atoms with Crippen LogP contribution in [0.5, 0.6) is 11.5 Å². The fraction of sp³-hybridized carbons (Fsp3) is 0.387. The predicted octanol–water partition coefficient (Wildman–Crippen LogP) is 3.90. The molecule has 11 nitrogen and oxygen atoms in total. The number of carbonyl (C=O) groups is 2. The topological polar surface area (TPSA) is 117 Å². The molecule has 1 aromatic carbocycles. The van der Waals surface area contributed by atoms with E-state index in [9.17, 15) is 14.4 Å². The Labute approximate surface area is 264 Å². The summed E-state index contributed by atoms with van der Waals surface area (Å²) in [5, 5.41) is 8.86. The highest BCUT2D eigenvalue weighted by Gasteiger charge is 2.33. The van der Waals surface area contributed by atoms with Gasteiger partial charge in [-0.2, -0.15) is 0 Å². The molecule has 3 aliphatic rings. The van der Waals surface area contributed by atoms with Crippen molar-refractivity contribution in [2.24, 2.45) is 0 Å². The average molecular weight is 636 g/mol. The number of nitrogens with zero attached hydrogens (tertiary/aromatic N) is 5. The molecule has 0 aliphatic carbocycles. The van der Waals surface area contributed by atoms with Gasteiger partial charge in [0.2, 0.25) is 6.79 Å². The lowest BCUT2D eigenvalue weighted by molar-refractivity contribution is -0.137. The number of pyridine rings is 1. The van der Waals surface area contributed by atoms with Gasteiger partial charge in [-0.15, -0.1) is 0 Å². The van der Waals surface area contributed by atoms with Gasteiger partial charge in [-0.25, -0.2) is 4.98 Å². The second-order valence-electron chi connectivity index (χ2n) is 11.1. The third-order valence-corrected chi connectivity index (χ3v) is 9.30. The number of amides is 1. The highest BCUT2D eigenvalue weighted by Crippen LogP contribution is 2.35. The van der Waals surface area contributed by atoms with Gasteiger partial charge in [-0.3, -0.25) is 28.6 Å². The van der Waals surface area contributed by atoms with Crippen LogP contribution < -0.4 is 19.9 Å². The van der Waals surface area contributed by atoms with E-state index in [2.05, 4.69) is 15.9 Å². The number of aromatic nitrogens is 2. The Morgan fingerprint density at radius 1 is 1.07 bits per heavy atom. The Bertz CT molecular complexity index is 1720. The zero-order valence-electron chi connectivity index (χ0n) is 24.4. The molecule has 13 heteroatoms. The van der Waals surface area contributed by atoms with Crippen molar-refractivity contribution in [3.8, 4) is 11.5 Å². The van der Waals surface area contributed by atoms with Crippen molar-refractivity contribution in [2.45, 2.75) is 39.2 Å². The minimum absolute atomic E-state index is 0.103. The molecule has 1 N–H and O–H groups in total. The Morgan fingerprint density at radius 2 is 1.86 bits per heavy atom. The SMILES string of the molecule is Cc1ccc2nc(N3CCN(Cc4ccc5c(c4)OCO5)CC3)c(/C=C3/SC(=S)N(CCCCCC(=O)O)C3=O)c(=O)n2c1. The number of unbranched alkanes of at least 4 members (excludes halogenated alkanes) is 2. The van der Waals surface area contributed by atoms with Gasteiger partial charge in [-0.05, 0) is 55.2 Å². The molecule has 5 heterocycles. The minimum Gasteiger partial charge on any atom is -0.481 e. The van der Waals surface area contributed by atoms with Crippen molar-refractivity contribution in [3.63, 3.8) is 0 Å². The van der Waals surface area contributed by atoms with E-state index in [1.54, 1.807) is 12.3 Å². The highest BCUT2D eigenvalue weighted by molar-refractivity contribution is 8.26. The fourth-order valence-corrected chi connectivity index (χ4v) is 6.87. The second-order valence-corrected chi connectivity index (χ2v) is 12.8. The molecule has 2 aromatic heterocycles. The maximum atomic E-state index is 13.9. The van der Waals surface area contributed by atoms with Crippen LogP contribution in [0.2, 0.25) is 0 Å². The zero-order chi connectivity index (χ0) is 30.8. The Morgan fingerprint density at radius 3 is 2.66 bits per heavy atom. The van der Waals surface area contributed by atoms with E-state index >= 15 is 0 Å². The summed E-state index contributed by atoms with van der Waals surface area (Å²) in [4.78, 5) is 49.4. The van der Waals surface area contributed by atoms with Crippen LogP contribution in [0.4, 0.5) is 5.82 Å². The van der Waals surface area contributed by atoms with Crippen LogP contribution in [0.25, 0.3) is 11.7 Å². The summed E-state index contributed by atoms with van der Waals surface area (Å²) in [6.45, 7) is 6.21. The predicted molar refractivity (Wildman–Crippen MR) is 172 cm³/mol. The molecule has 0 saturated carbocycles. The molecule has 3 aromatic rings. The zero-order valence-corrected chi connectivity index (χ0v) is 26.0. The van der Waals surface area contributed by atoms with E-state index in [0.29, 0.717) is 65.2 Å². The summed E-state index contributed by atoms with van der Waals surface area (Å²) >= 11 is 6.69.